The molecule has 0 saturated carbocycles. The van der Waals surface area contributed by atoms with Gasteiger partial charge >= 0.3 is 0 Å². The fourth-order valence-electron chi connectivity index (χ4n) is 4.90. The van der Waals surface area contributed by atoms with Crippen LogP contribution in [0.2, 0.25) is 0 Å². The van der Waals surface area contributed by atoms with E-state index in [9.17, 15) is 15.2 Å². The van der Waals surface area contributed by atoms with Gasteiger partial charge < -0.3 is 9.84 Å². The Labute approximate surface area is 241 Å². The van der Waals surface area contributed by atoms with E-state index in [1.165, 1.54) is 6.07 Å². The lowest BCUT2D eigenvalue weighted by atomic mass is 9.85. The molecule has 2 aromatic carbocycles. The molecule has 4 rings (SSSR count). The molecule has 1 atom stereocenters. The lowest BCUT2D eigenvalue weighted by molar-refractivity contribution is -0.0906. The third-order valence-electron chi connectivity index (χ3n) is 7.99. The summed E-state index contributed by atoms with van der Waals surface area (Å²) in [6.45, 7) is 10.8. The molecule has 0 bridgehead atoms. The zero-order valence-corrected chi connectivity index (χ0v) is 24.7. The van der Waals surface area contributed by atoms with Crippen molar-refractivity contribution in [1.82, 2.24) is 9.55 Å². The average molecular weight is 556 g/mol. The van der Waals surface area contributed by atoms with Crippen LogP contribution < -0.4 is 10.3 Å². The summed E-state index contributed by atoms with van der Waals surface area (Å²) in [7, 11) is 0. The minimum Gasteiger partial charge on any atom is -0.485 e. The molecule has 41 heavy (non-hydrogen) atoms. The molecule has 0 saturated heterocycles. The lowest BCUT2D eigenvalue weighted by Crippen LogP contribution is -2.49. The van der Waals surface area contributed by atoms with Gasteiger partial charge in [0.05, 0.1) is 23.1 Å². The highest BCUT2D eigenvalue weighted by atomic mass is 19.1. The molecule has 3 aromatic rings. The fourth-order valence-corrected chi connectivity index (χ4v) is 4.90. The number of aryl methyl sites for hydroxylation is 2. The molecule has 1 heterocycles. The van der Waals surface area contributed by atoms with Gasteiger partial charge in [-0.1, -0.05) is 37.6 Å². The first-order chi connectivity index (χ1) is 19.4. The molecule has 214 valence electrons. The minimum atomic E-state index is -1.07. The number of hydrogen-bond acceptors (Lipinski definition) is 5. The van der Waals surface area contributed by atoms with Gasteiger partial charge in [-0.25, -0.2) is 9.37 Å². The average Bonchev–Trinajstić information content (AvgIpc) is 2.92. The number of aromatic nitrogens is 2. The van der Waals surface area contributed by atoms with Crippen molar-refractivity contribution < 1.29 is 14.2 Å². The molecule has 1 N–H and O–H groups in total. The molecule has 1 aliphatic carbocycles. The van der Waals surface area contributed by atoms with E-state index in [4.69, 9.17) is 9.72 Å². The molecule has 7 heteroatoms. The molecule has 0 radical (unpaired) electrons. The molecule has 0 amide bonds. The molecule has 1 unspecified atom stereocenters. The van der Waals surface area contributed by atoms with Crippen molar-refractivity contribution >= 4 is 0 Å². The van der Waals surface area contributed by atoms with Gasteiger partial charge in [0.1, 0.15) is 23.0 Å². The lowest BCUT2D eigenvalue weighted by Gasteiger charge is -2.37. The Morgan fingerprint density at radius 1 is 1.17 bits per heavy atom. The molecule has 1 aliphatic rings. The van der Waals surface area contributed by atoms with Crippen LogP contribution in [0.1, 0.15) is 81.6 Å². The number of halogens is 1. The first-order valence-corrected chi connectivity index (χ1v) is 14.0. The zero-order chi connectivity index (χ0) is 29.9. The summed E-state index contributed by atoms with van der Waals surface area (Å²) in [6.07, 6.45) is 7.75. The largest absolute Gasteiger partial charge is 0.485 e. The highest BCUT2D eigenvalue weighted by Crippen LogP contribution is 2.32. The summed E-state index contributed by atoms with van der Waals surface area (Å²) < 4.78 is 23.0. The third-order valence-corrected chi connectivity index (χ3v) is 7.99. The van der Waals surface area contributed by atoms with E-state index in [0.29, 0.717) is 52.5 Å². The first-order valence-electron chi connectivity index (χ1n) is 14.0. The molecule has 0 fully saturated rings. The van der Waals surface area contributed by atoms with Crippen molar-refractivity contribution in [2.45, 2.75) is 84.3 Å². The number of rotatable bonds is 9. The maximum absolute atomic E-state index is 15.5. The van der Waals surface area contributed by atoms with Crippen molar-refractivity contribution in [3.63, 3.8) is 0 Å². The van der Waals surface area contributed by atoms with Crippen LogP contribution in [0.4, 0.5) is 4.39 Å². The van der Waals surface area contributed by atoms with Crippen LogP contribution in [-0.2, 0) is 12.8 Å². The molecular formula is C34H38FN3O3. The Hall–Kier alpha value is -4.02. The Bertz CT molecular complexity index is 1590. The zero-order valence-electron chi connectivity index (χ0n) is 24.7. The van der Waals surface area contributed by atoms with E-state index in [1.807, 2.05) is 39.0 Å². The van der Waals surface area contributed by atoms with Crippen molar-refractivity contribution in [2.24, 2.45) is 0 Å². The van der Waals surface area contributed by atoms with E-state index in [2.05, 4.69) is 6.07 Å². The SMILES string of the molecule is CCCc1nc(C)n(-c2ccc(OC(C)(C)C(C)(C)O)cc2)c(=O)c1Cc1ccc(C2CC=CC=C2C#N)cc1F. The number of nitrogens with zero attached hydrogens (tertiary/aromatic N) is 3. The Balaban J connectivity index is 1.69. The van der Waals surface area contributed by atoms with E-state index in [0.717, 1.165) is 12.0 Å². The van der Waals surface area contributed by atoms with E-state index in [1.54, 1.807) is 61.7 Å². The van der Waals surface area contributed by atoms with Crippen molar-refractivity contribution in [1.29, 1.82) is 5.26 Å². The Morgan fingerprint density at radius 2 is 1.88 bits per heavy atom. The molecular weight excluding hydrogens is 517 g/mol. The molecule has 0 aliphatic heterocycles. The maximum atomic E-state index is 15.5. The van der Waals surface area contributed by atoms with Gasteiger partial charge in [0.25, 0.3) is 5.56 Å². The third kappa shape index (κ3) is 6.34. The van der Waals surface area contributed by atoms with Gasteiger partial charge in [0.2, 0.25) is 0 Å². The van der Waals surface area contributed by atoms with Gasteiger partial charge in [0.15, 0.2) is 0 Å². The van der Waals surface area contributed by atoms with Crippen LogP contribution in [-0.4, -0.2) is 25.9 Å². The first kappa shape index (κ1) is 30.0. The van der Waals surface area contributed by atoms with Crippen LogP contribution in [0.15, 0.2) is 71.1 Å². The van der Waals surface area contributed by atoms with Crippen LogP contribution in [0.3, 0.4) is 0 Å². The second-order valence-electron chi connectivity index (χ2n) is 11.6. The van der Waals surface area contributed by atoms with Crippen LogP contribution >= 0.6 is 0 Å². The number of allylic oxidation sites excluding steroid dienone is 4. The van der Waals surface area contributed by atoms with Crippen molar-refractivity contribution in [2.75, 3.05) is 0 Å². The molecule has 0 spiro atoms. The van der Waals surface area contributed by atoms with Crippen LogP contribution in [0, 0.1) is 24.1 Å². The molecule has 1 aromatic heterocycles. The standard InChI is InChI=1S/C34H38FN3O3/c1-7-10-31-29(19-24-14-13-23(20-30(24)35)28-12-9-8-11-25(28)21-36)32(39)38(22(2)37-31)26-15-17-27(18-16-26)41-34(5,6)33(3,4)40/h8-9,11,13-18,20,28,40H,7,10,12,19H2,1-6H3. The van der Waals surface area contributed by atoms with Crippen molar-refractivity contribution in [3.05, 3.63) is 111 Å². The van der Waals surface area contributed by atoms with Gasteiger partial charge in [-0.05, 0) is 95.0 Å². The fraction of sp³-hybridized carbons (Fsp3) is 0.382. The van der Waals surface area contributed by atoms with E-state index < -0.39 is 17.0 Å². The predicted molar refractivity (Wildman–Crippen MR) is 159 cm³/mol. The normalized spacial score (nSPS) is 15.4. The van der Waals surface area contributed by atoms with Gasteiger partial charge in [-0.15, -0.1) is 0 Å². The number of nitriles is 1. The second kappa shape index (κ2) is 11.8. The summed E-state index contributed by atoms with van der Waals surface area (Å²) in [4.78, 5) is 18.7. The summed E-state index contributed by atoms with van der Waals surface area (Å²) in [5.41, 5.74) is 1.38. The van der Waals surface area contributed by atoms with Crippen molar-refractivity contribution in [3.8, 4) is 17.5 Å². The number of hydrogen-bond donors (Lipinski definition) is 1. The van der Waals surface area contributed by atoms with Crippen LogP contribution in [0.25, 0.3) is 5.69 Å². The van der Waals surface area contributed by atoms with Gasteiger partial charge in [0, 0.05) is 23.5 Å². The smallest absolute Gasteiger partial charge is 0.261 e. The minimum absolute atomic E-state index is 0.111. The summed E-state index contributed by atoms with van der Waals surface area (Å²) in [5.74, 6) is 0.528. The monoisotopic (exact) mass is 555 g/mol. The highest BCUT2D eigenvalue weighted by molar-refractivity contribution is 5.44. The second-order valence-corrected chi connectivity index (χ2v) is 11.6. The summed E-state index contributed by atoms with van der Waals surface area (Å²) in [5, 5.41) is 19.9. The summed E-state index contributed by atoms with van der Waals surface area (Å²) >= 11 is 0. The van der Waals surface area contributed by atoms with Crippen LogP contribution in [0.5, 0.6) is 5.75 Å². The maximum Gasteiger partial charge on any atom is 0.261 e. The highest BCUT2D eigenvalue weighted by Gasteiger charge is 2.37. The van der Waals surface area contributed by atoms with Gasteiger partial charge in [-0.2, -0.15) is 5.26 Å². The summed E-state index contributed by atoms with van der Waals surface area (Å²) in [6, 6.07) is 14.4. The van der Waals surface area contributed by atoms with E-state index in [-0.39, 0.29) is 17.9 Å². The number of ether oxygens (including phenoxy) is 1. The van der Waals surface area contributed by atoms with E-state index >= 15 is 4.39 Å². The number of aliphatic hydroxyl groups is 1. The number of benzene rings is 2. The predicted octanol–water partition coefficient (Wildman–Crippen LogP) is 6.65. The Morgan fingerprint density at radius 3 is 2.49 bits per heavy atom. The van der Waals surface area contributed by atoms with Gasteiger partial charge in [-0.3, -0.25) is 9.36 Å². The molecule has 6 nitrogen and oxygen atoms in total. The Kier molecular flexibility index (Phi) is 8.65. The quantitative estimate of drug-likeness (QED) is 0.320. The topological polar surface area (TPSA) is 88.1 Å².